The molecule has 0 bridgehead atoms. The zero-order valence-electron chi connectivity index (χ0n) is 46.1. The van der Waals surface area contributed by atoms with Crippen molar-refractivity contribution in [1.82, 2.24) is 15.0 Å². The van der Waals surface area contributed by atoms with Crippen molar-refractivity contribution in [3.8, 4) is 6.07 Å². The van der Waals surface area contributed by atoms with Crippen molar-refractivity contribution in [3.63, 3.8) is 0 Å². The molecule has 7 rings (SSSR count). The quantitative estimate of drug-likeness (QED) is 0.00558. The Hall–Kier alpha value is -9.35. The molecule has 0 saturated carbocycles. The van der Waals surface area contributed by atoms with Crippen molar-refractivity contribution in [1.29, 1.82) is 5.26 Å². The van der Waals surface area contributed by atoms with E-state index in [4.69, 9.17) is 11.6 Å². The third-order valence-corrected chi connectivity index (χ3v) is 16.0. The van der Waals surface area contributed by atoms with Crippen LogP contribution in [-0.4, -0.2) is 94.9 Å². The monoisotopic (exact) mass is 1210 g/mol. The van der Waals surface area contributed by atoms with Gasteiger partial charge < -0.3 is 36.2 Å². The van der Waals surface area contributed by atoms with E-state index in [1.165, 1.54) is 19.1 Å². The second-order valence-electron chi connectivity index (χ2n) is 17.6. The van der Waals surface area contributed by atoms with Crippen LogP contribution in [0.2, 0.25) is 0 Å². The predicted octanol–water partition coefficient (Wildman–Crippen LogP) is 13.0. The highest BCUT2D eigenvalue weighted by Crippen LogP contribution is 2.44. The molecule has 430 valence electrons. The topological polar surface area (TPSA) is 314 Å². The van der Waals surface area contributed by atoms with Crippen molar-refractivity contribution in [2.24, 2.45) is 20.5 Å². The van der Waals surface area contributed by atoms with Gasteiger partial charge in [-0.2, -0.15) is 33.7 Å². The van der Waals surface area contributed by atoms with Gasteiger partial charge in [0.2, 0.25) is 17.6 Å². The number of aliphatic hydroxyl groups is 1. The summed E-state index contributed by atoms with van der Waals surface area (Å²) in [6.45, 7) is 20.6. The number of aliphatic hydroxyl groups excluding tert-OH is 1. The Bertz CT molecular complexity index is 3920. The molecule has 0 spiro atoms. The first kappa shape index (κ1) is 62.3. The molecule has 23 nitrogen and oxygen atoms in total. The minimum Gasteiger partial charge on any atom is -0.396 e. The Labute approximate surface area is 496 Å². The molecular weight excluding hydrogens is 1150 g/mol. The fourth-order valence-electron chi connectivity index (χ4n) is 8.02. The van der Waals surface area contributed by atoms with Gasteiger partial charge in [-0.15, -0.1) is 38.0 Å². The molecule has 0 radical (unpaired) electrons. The molecule has 0 aliphatic heterocycles. The van der Waals surface area contributed by atoms with Gasteiger partial charge in [0.25, 0.3) is 21.9 Å². The summed E-state index contributed by atoms with van der Waals surface area (Å²) < 4.78 is 36.3. The average molecular weight is 1210 g/mol. The average Bonchev–Trinajstić information content (AvgIpc) is 4.23. The minimum atomic E-state index is -5.16. The van der Waals surface area contributed by atoms with E-state index in [-0.39, 0.29) is 66.9 Å². The van der Waals surface area contributed by atoms with E-state index < -0.39 is 49.5 Å². The van der Waals surface area contributed by atoms with Crippen molar-refractivity contribution < 1.29 is 37.3 Å². The highest BCUT2D eigenvalue weighted by molar-refractivity contribution is 7.99. The number of amides is 2. The summed E-state index contributed by atoms with van der Waals surface area (Å²) in [5.41, 5.74) is 2.49. The highest BCUT2D eigenvalue weighted by atomic mass is 32.2. The zero-order valence-corrected chi connectivity index (χ0v) is 49.4. The Kier molecular flexibility index (Phi) is 21.5. The van der Waals surface area contributed by atoms with Gasteiger partial charge in [0, 0.05) is 59.6 Å². The van der Waals surface area contributed by atoms with Crippen LogP contribution in [0.4, 0.5) is 73.1 Å². The molecule has 3 heterocycles. The summed E-state index contributed by atoms with van der Waals surface area (Å²) in [6.07, 6.45) is 2.38. The third-order valence-electron chi connectivity index (χ3n) is 12.1. The van der Waals surface area contributed by atoms with E-state index in [1.807, 2.05) is 39.8 Å². The number of nitrogens with one attached hydrogen (secondary N) is 4. The number of para-hydroxylation sites is 2. The minimum absolute atomic E-state index is 0.00660. The molecule has 27 heteroatoms. The van der Waals surface area contributed by atoms with Crippen molar-refractivity contribution in [2.45, 2.75) is 51.6 Å². The molecule has 0 saturated heterocycles. The molecule has 0 aliphatic rings. The van der Waals surface area contributed by atoms with E-state index in [2.05, 4.69) is 66.3 Å². The summed E-state index contributed by atoms with van der Waals surface area (Å²) in [5.74, 6) is -2.47. The Morgan fingerprint density at radius 3 is 1.63 bits per heavy atom. The number of thioether (sulfide) groups is 1. The van der Waals surface area contributed by atoms with Gasteiger partial charge in [-0.3, -0.25) is 23.7 Å². The Balaban J connectivity index is 1.28. The molecule has 0 unspecified atom stereocenters. The lowest BCUT2D eigenvalue weighted by molar-refractivity contribution is -0.120. The fraction of sp³-hybridized carbons (Fsp3) is 0.211. The molecular formula is C57H55N15O8S4. The van der Waals surface area contributed by atoms with Gasteiger partial charge in [0.15, 0.2) is 21.7 Å². The highest BCUT2D eigenvalue weighted by Gasteiger charge is 2.29. The molecule has 0 atom stereocenters. The second kappa shape index (κ2) is 29.1. The number of aromatic nitrogens is 3. The number of nitriles is 1. The van der Waals surface area contributed by atoms with E-state index in [0.29, 0.717) is 65.1 Å². The molecule has 0 aliphatic carbocycles. The number of hydrogen-bond acceptors (Lipinski definition) is 22. The first-order valence-corrected chi connectivity index (χ1v) is 29.8. The molecule has 3 aromatic heterocycles. The van der Waals surface area contributed by atoms with Gasteiger partial charge in [0.05, 0.1) is 40.6 Å². The number of nitrogens with zero attached hydrogens (tertiary/aromatic N) is 11. The van der Waals surface area contributed by atoms with E-state index in [9.17, 15) is 42.5 Å². The maximum Gasteiger partial charge on any atom is 0.297 e. The Morgan fingerprint density at radius 1 is 0.702 bits per heavy atom. The van der Waals surface area contributed by atoms with Crippen molar-refractivity contribution in [2.75, 3.05) is 69.6 Å². The number of thiophene rings is 2. The number of benzene rings is 4. The van der Waals surface area contributed by atoms with Crippen LogP contribution in [0.1, 0.15) is 56.9 Å². The maximum absolute atomic E-state index is 13.4. The first-order chi connectivity index (χ1) is 40.4. The normalized spacial score (nSPS) is 11.7. The standard InChI is InChI=1S/C57H55N15O8S4/c1-8-71(9-2)38-22-24-44(67-69-53-43(33-58)50(84(78,79)80)49(83-53)32-42(35(6)75)52(77)61-37-20-16-13-17-21-37)46(28-38)62-55-64-56(66-57(65-55)81-27-26-73)63-47-29-39(72(10-3)11-4)23-25-45(47)68-70-54-48(59-7)31-40(82-54)30-41(34(5)74)51(76)60-36-18-14-12-15-19-36/h12-25,28-32,73H,8-11,26-27H2,1-6H3,(H,60,76)(H,61,77)(H,78,79,80)(H2,62,63,64,65,66)/b41-30+,42-32-,69-67?,70-68?. The predicted molar refractivity (Wildman–Crippen MR) is 329 cm³/mol. The fourth-order valence-corrected chi connectivity index (χ4v) is 11.6. The lowest BCUT2D eigenvalue weighted by atomic mass is 10.1. The number of anilines is 8. The van der Waals surface area contributed by atoms with E-state index in [1.54, 1.807) is 91.0 Å². The number of ketones is 2. The number of carbonyl (C=O) groups is 4. The SMILES string of the molecule is [C-]#[N+]c1cc(/C=C(\C(C)=O)C(=O)Nc2ccccc2)sc1N=Nc1ccc(N(CC)CC)cc1Nc1nc(Nc2cc(N(CC)CC)ccc2N=Nc2sc(/C=C(/C(C)=O)C(=O)Nc3ccccc3)c(S(=O)(=O)O)c2C#N)nc(SCCO)n1. The summed E-state index contributed by atoms with van der Waals surface area (Å²) in [4.78, 5) is 73.2. The lowest BCUT2D eigenvalue weighted by Crippen LogP contribution is -2.21. The van der Waals surface area contributed by atoms with E-state index in [0.717, 1.165) is 47.5 Å². The number of hydrogen-bond donors (Lipinski definition) is 6. The van der Waals surface area contributed by atoms with Crippen molar-refractivity contribution >= 4 is 153 Å². The van der Waals surface area contributed by atoms with Crippen LogP contribution in [-0.2, 0) is 29.3 Å². The van der Waals surface area contributed by atoms with Gasteiger partial charge in [-0.1, -0.05) is 48.2 Å². The molecule has 4 aromatic carbocycles. The molecule has 2 amide bonds. The van der Waals surface area contributed by atoms with Gasteiger partial charge in [-0.25, -0.2) is 4.85 Å². The molecule has 7 aromatic rings. The zero-order chi connectivity index (χ0) is 60.5. The Morgan fingerprint density at radius 2 is 1.19 bits per heavy atom. The number of Topliss-reactive ketones (excluding diaryl/α,β-unsaturated/α-hetero) is 2. The largest absolute Gasteiger partial charge is 0.396 e. The van der Waals surface area contributed by atoms with Crippen molar-refractivity contribution in [3.05, 3.63) is 141 Å². The first-order valence-electron chi connectivity index (χ1n) is 25.8. The van der Waals surface area contributed by atoms with Crippen LogP contribution in [0.25, 0.3) is 17.0 Å². The summed E-state index contributed by atoms with van der Waals surface area (Å²) >= 11 is 2.79. The maximum atomic E-state index is 13.4. The van der Waals surface area contributed by atoms with Gasteiger partial charge in [-0.05, 0) is 120 Å². The van der Waals surface area contributed by atoms with Crippen LogP contribution in [0.15, 0.2) is 145 Å². The van der Waals surface area contributed by atoms with E-state index >= 15 is 0 Å². The van der Waals surface area contributed by atoms with Gasteiger partial charge in [0.1, 0.15) is 32.9 Å². The number of rotatable bonds is 26. The molecule has 0 fully saturated rings. The summed E-state index contributed by atoms with van der Waals surface area (Å²) in [6, 6.07) is 30.8. The van der Waals surface area contributed by atoms with Gasteiger partial charge >= 0.3 is 0 Å². The number of carbonyl (C=O) groups excluding carboxylic acids is 4. The second-order valence-corrected chi connectivity index (χ2v) is 22.1. The molecule has 84 heavy (non-hydrogen) atoms. The summed E-state index contributed by atoms with van der Waals surface area (Å²) in [5, 5.41) is 49.9. The van der Waals surface area contributed by atoms with Crippen LogP contribution in [0, 0.1) is 17.9 Å². The number of azo groups is 2. The van der Waals surface area contributed by atoms with Crippen LogP contribution in [0.5, 0.6) is 0 Å². The summed E-state index contributed by atoms with van der Waals surface area (Å²) in [7, 11) is -5.16. The van der Waals surface area contributed by atoms with Crippen LogP contribution in [0.3, 0.4) is 0 Å². The lowest BCUT2D eigenvalue weighted by Gasteiger charge is -2.22. The third kappa shape index (κ3) is 16.0. The van der Waals surface area contributed by atoms with Crippen LogP contribution >= 0.6 is 34.4 Å². The van der Waals surface area contributed by atoms with Crippen LogP contribution < -0.4 is 31.1 Å². The molecule has 6 N–H and O–H groups in total. The smallest absolute Gasteiger partial charge is 0.297 e.